The number of anilines is 1. The van der Waals surface area contributed by atoms with Crippen LogP contribution in [0.2, 0.25) is 0 Å². The van der Waals surface area contributed by atoms with Gasteiger partial charge in [-0.3, -0.25) is 0 Å². The summed E-state index contributed by atoms with van der Waals surface area (Å²) in [6, 6.07) is 4.43. The van der Waals surface area contributed by atoms with Gasteiger partial charge < -0.3 is 5.32 Å². The number of hydrogen-bond donors (Lipinski definition) is 1. The lowest BCUT2D eigenvalue weighted by atomic mass is 10.3. The van der Waals surface area contributed by atoms with Crippen LogP contribution in [-0.4, -0.2) is 32.6 Å². The Kier molecular flexibility index (Phi) is 3.89. The lowest BCUT2D eigenvalue weighted by molar-refractivity contribution is 0.759. The molecule has 17 heavy (non-hydrogen) atoms. The van der Waals surface area contributed by atoms with Gasteiger partial charge in [0.15, 0.2) is 5.65 Å². The Hall–Kier alpha value is -1.23. The number of thioether (sulfide) groups is 1. The molecule has 1 unspecified atom stereocenters. The average molecular weight is 250 g/mol. The molecule has 0 bridgehead atoms. The van der Waals surface area contributed by atoms with E-state index in [-0.39, 0.29) is 0 Å². The lowest BCUT2D eigenvalue weighted by Gasteiger charge is -2.10. The topological polar surface area (TPSA) is 42.2 Å². The van der Waals surface area contributed by atoms with E-state index in [1.807, 2.05) is 41.5 Å². The molecule has 0 saturated heterocycles. The largest absolute Gasteiger partial charge is 0.350 e. The van der Waals surface area contributed by atoms with Crippen LogP contribution in [0.15, 0.2) is 18.3 Å². The molecule has 2 aromatic rings. The highest BCUT2D eigenvalue weighted by atomic mass is 32.2. The molecule has 1 N–H and O–H groups in total. The first-order valence-corrected chi connectivity index (χ1v) is 7.17. The third-order valence-corrected chi connectivity index (χ3v) is 3.33. The Morgan fingerprint density at radius 3 is 3.06 bits per heavy atom. The van der Waals surface area contributed by atoms with E-state index in [0.717, 1.165) is 23.4 Å². The summed E-state index contributed by atoms with van der Waals surface area (Å²) in [4.78, 5) is 4.49. The fourth-order valence-electron chi connectivity index (χ4n) is 1.69. The molecule has 0 radical (unpaired) electrons. The van der Waals surface area contributed by atoms with Crippen LogP contribution >= 0.6 is 11.8 Å². The van der Waals surface area contributed by atoms with Crippen LogP contribution < -0.4 is 5.32 Å². The van der Waals surface area contributed by atoms with E-state index in [4.69, 9.17) is 0 Å². The van der Waals surface area contributed by atoms with Crippen LogP contribution in [0, 0.1) is 6.92 Å². The van der Waals surface area contributed by atoms with Gasteiger partial charge in [0.05, 0.1) is 0 Å². The van der Waals surface area contributed by atoms with Crippen molar-refractivity contribution in [3.05, 3.63) is 23.9 Å². The first-order chi connectivity index (χ1) is 8.20. The fourth-order valence-corrected chi connectivity index (χ4v) is 2.28. The highest BCUT2D eigenvalue weighted by Gasteiger charge is 2.08. The molecule has 0 saturated carbocycles. The summed E-state index contributed by atoms with van der Waals surface area (Å²) in [6.07, 6.45) is 5.17. The van der Waals surface area contributed by atoms with E-state index in [1.54, 1.807) is 0 Å². The van der Waals surface area contributed by atoms with Crippen molar-refractivity contribution in [2.75, 3.05) is 17.3 Å². The summed E-state index contributed by atoms with van der Waals surface area (Å²) in [5, 5.41) is 7.75. The highest BCUT2D eigenvalue weighted by molar-refractivity contribution is 7.98. The number of aromatic nitrogens is 3. The molecule has 0 aliphatic carbocycles. The smallest absolute Gasteiger partial charge is 0.243 e. The van der Waals surface area contributed by atoms with Crippen molar-refractivity contribution in [1.29, 1.82) is 0 Å². The Morgan fingerprint density at radius 1 is 1.53 bits per heavy atom. The van der Waals surface area contributed by atoms with Crippen LogP contribution in [0.4, 0.5) is 5.95 Å². The molecule has 1 atom stereocenters. The van der Waals surface area contributed by atoms with Crippen LogP contribution in [0.5, 0.6) is 0 Å². The van der Waals surface area contributed by atoms with E-state index in [1.165, 1.54) is 0 Å². The number of hydrogen-bond acceptors (Lipinski definition) is 4. The molecule has 2 aromatic heterocycles. The molecule has 0 aliphatic heterocycles. The zero-order valence-electron chi connectivity index (χ0n) is 10.5. The minimum atomic E-state index is 0.403. The zero-order chi connectivity index (χ0) is 12.3. The Balaban J connectivity index is 2.11. The molecule has 0 aromatic carbocycles. The van der Waals surface area contributed by atoms with Crippen molar-refractivity contribution < 1.29 is 0 Å². The second kappa shape index (κ2) is 5.40. The van der Waals surface area contributed by atoms with Gasteiger partial charge in [0, 0.05) is 12.2 Å². The Labute approximate surface area is 106 Å². The molecule has 5 heteroatoms. The predicted octanol–water partition coefficient (Wildman–Crippen LogP) is 2.59. The number of nitrogens with zero attached hydrogens (tertiary/aromatic N) is 3. The van der Waals surface area contributed by atoms with E-state index < -0.39 is 0 Å². The van der Waals surface area contributed by atoms with Crippen LogP contribution in [-0.2, 0) is 0 Å². The van der Waals surface area contributed by atoms with Gasteiger partial charge in [0.25, 0.3) is 0 Å². The molecule has 0 aliphatic rings. The van der Waals surface area contributed by atoms with Gasteiger partial charge in [-0.25, -0.2) is 4.52 Å². The maximum absolute atomic E-state index is 4.49. The van der Waals surface area contributed by atoms with Crippen molar-refractivity contribution in [1.82, 2.24) is 14.6 Å². The van der Waals surface area contributed by atoms with Crippen molar-refractivity contribution in [2.45, 2.75) is 26.3 Å². The number of pyridine rings is 1. The fraction of sp³-hybridized carbons (Fsp3) is 0.500. The van der Waals surface area contributed by atoms with Gasteiger partial charge >= 0.3 is 0 Å². The normalized spacial score (nSPS) is 12.9. The van der Waals surface area contributed by atoms with Crippen LogP contribution in [0.25, 0.3) is 5.65 Å². The summed E-state index contributed by atoms with van der Waals surface area (Å²) in [5.41, 5.74) is 2.07. The van der Waals surface area contributed by atoms with Gasteiger partial charge in [-0.05, 0) is 43.9 Å². The van der Waals surface area contributed by atoms with Crippen molar-refractivity contribution in [3.8, 4) is 0 Å². The quantitative estimate of drug-likeness (QED) is 0.885. The molecular formula is C12H18N4S. The summed E-state index contributed by atoms with van der Waals surface area (Å²) >= 11 is 1.86. The van der Waals surface area contributed by atoms with Crippen molar-refractivity contribution in [3.63, 3.8) is 0 Å². The van der Waals surface area contributed by atoms with E-state index in [9.17, 15) is 0 Å². The molecule has 4 nitrogen and oxygen atoms in total. The molecular weight excluding hydrogens is 232 g/mol. The number of aryl methyl sites for hydroxylation is 1. The van der Waals surface area contributed by atoms with E-state index in [2.05, 4.69) is 28.6 Å². The third kappa shape index (κ3) is 2.91. The van der Waals surface area contributed by atoms with Crippen molar-refractivity contribution >= 4 is 23.4 Å². The average Bonchev–Trinajstić information content (AvgIpc) is 2.70. The molecule has 0 amide bonds. The Bertz CT molecular complexity index is 494. The monoisotopic (exact) mass is 250 g/mol. The third-order valence-electron chi connectivity index (χ3n) is 2.69. The molecule has 2 heterocycles. The minimum absolute atomic E-state index is 0.403. The van der Waals surface area contributed by atoms with Crippen molar-refractivity contribution in [2.24, 2.45) is 0 Å². The van der Waals surface area contributed by atoms with Gasteiger partial charge in [-0.1, -0.05) is 6.07 Å². The van der Waals surface area contributed by atoms with E-state index >= 15 is 0 Å². The summed E-state index contributed by atoms with van der Waals surface area (Å²) in [7, 11) is 0. The summed E-state index contributed by atoms with van der Waals surface area (Å²) in [6.45, 7) is 4.21. The maximum atomic E-state index is 4.49. The summed E-state index contributed by atoms with van der Waals surface area (Å²) in [5.74, 6) is 1.87. The number of rotatable bonds is 5. The molecule has 92 valence electrons. The van der Waals surface area contributed by atoms with Gasteiger partial charge in [-0.15, -0.1) is 5.10 Å². The van der Waals surface area contributed by atoms with Gasteiger partial charge in [0.1, 0.15) is 0 Å². The Morgan fingerprint density at radius 2 is 2.35 bits per heavy atom. The summed E-state index contributed by atoms with van der Waals surface area (Å²) < 4.78 is 1.82. The predicted molar refractivity (Wildman–Crippen MR) is 73.8 cm³/mol. The zero-order valence-corrected chi connectivity index (χ0v) is 11.3. The first-order valence-electron chi connectivity index (χ1n) is 5.78. The lowest BCUT2D eigenvalue weighted by Crippen LogP contribution is -2.16. The second-order valence-corrected chi connectivity index (χ2v) is 5.21. The standard InChI is InChI=1S/C12H18N4S/c1-9-5-4-7-16-11(9)14-12(15-16)13-10(2)6-8-17-3/h4-5,7,10H,6,8H2,1-3H3,(H,13,15). The number of nitrogens with one attached hydrogen (secondary N) is 1. The maximum Gasteiger partial charge on any atom is 0.243 e. The molecule has 2 rings (SSSR count). The first kappa shape index (κ1) is 12.2. The number of fused-ring (bicyclic) bond motifs is 1. The van der Waals surface area contributed by atoms with Gasteiger partial charge in [-0.2, -0.15) is 16.7 Å². The van der Waals surface area contributed by atoms with Crippen LogP contribution in [0.1, 0.15) is 18.9 Å². The minimum Gasteiger partial charge on any atom is -0.350 e. The van der Waals surface area contributed by atoms with Gasteiger partial charge in [0.2, 0.25) is 5.95 Å². The molecule has 0 spiro atoms. The van der Waals surface area contributed by atoms with E-state index in [0.29, 0.717) is 12.0 Å². The van der Waals surface area contributed by atoms with Crippen LogP contribution in [0.3, 0.4) is 0 Å². The SMILES string of the molecule is CSCCC(C)Nc1nc2c(C)cccn2n1. The second-order valence-electron chi connectivity index (χ2n) is 4.22. The molecule has 0 fully saturated rings. The highest BCUT2D eigenvalue weighted by Crippen LogP contribution is 2.11.